The van der Waals surface area contributed by atoms with Gasteiger partial charge in [0.1, 0.15) is 0 Å². The van der Waals surface area contributed by atoms with E-state index < -0.39 is 0 Å². The number of fused-ring (bicyclic) bond motifs is 1. The monoisotopic (exact) mass is 369 g/mol. The molecule has 6 rings (SSSR count). The second-order valence-corrected chi connectivity index (χ2v) is 8.32. The molecule has 0 aromatic heterocycles. The van der Waals surface area contributed by atoms with Crippen LogP contribution in [-0.4, -0.2) is 17.8 Å². The van der Waals surface area contributed by atoms with Gasteiger partial charge in [-0.05, 0) is 47.1 Å². The molecule has 142 valence electrons. The molecule has 2 N–H and O–H groups in total. The first-order valence-corrected chi connectivity index (χ1v) is 10.4. The minimum Gasteiger partial charge on any atom is -0.392 e. The highest BCUT2D eigenvalue weighted by Gasteiger charge is 2.48. The molecule has 2 heteroatoms. The van der Waals surface area contributed by atoms with Crippen LogP contribution in [0.1, 0.15) is 53.0 Å². The molecule has 0 radical (unpaired) electrons. The fraction of sp³-hybridized carbons (Fsp3) is 0.308. The Balaban J connectivity index is 1.40. The van der Waals surface area contributed by atoms with Crippen LogP contribution in [0.3, 0.4) is 0 Å². The zero-order valence-corrected chi connectivity index (χ0v) is 16.1. The Labute approximate surface area is 167 Å². The fourth-order valence-corrected chi connectivity index (χ4v) is 5.53. The van der Waals surface area contributed by atoms with Gasteiger partial charge in [0.25, 0.3) is 0 Å². The Morgan fingerprint density at radius 3 is 2.14 bits per heavy atom. The molecule has 3 aromatic rings. The molecular formula is C26H27NO. The molecule has 0 fully saturated rings. The summed E-state index contributed by atoms with van der Waals surface area (Å²) in [7, 11) is 0. The van der Waals surface area contributed by atoms with Gasteiger partial charge in [-0.15, -0.1) is 0 Å². The van der Waals surface area contributed by atoms with E-state index in [1.807, 2.05) is 6.07 Å². The molecule has 0 saturated carbocycles. The lowest BCUT2D eigenvalue weighted by molar-refractivity contribution is 0.127. The first-order chi connectivity index (χ1) is 13.8. The lowest BCUT2D eigenvalue weighted by atomic mass is 9.53. The van der Waals surface area contributed by atoms with Gasteiger partial charge in [0.05, 0.1) is 6.10 Å². The van der Waals surface area contributed by atoms with Crippen LogP contribution in [0.15, 0.2) is 78.9 Å². The quantitative estimate of drug-likeness (QED) is 0.657. The van der Waals surface area contributed by atoms with E-state index in [4.69, 9.17) is 0 Å². The largest absolute Gasteiger partial charge is 0.392 e. The van der Waals surface area contributed by atoms with E-state index >= 15 is 0 Å². The molecule has 1 atom stereocenters. The van der Waals surface area contributed by atoms with Gasteiger partial charge in [-0.1, -0.05) is 78.9 Å². The molecule has 2 nitrogen and oxygen atoms in total. The lowest BCUT2D eigenvalue weighted by Crippen LogP contribution is -2.44. The second-order valence-electron chi connectivity index (χ2n) is 8.32. The predicted molar refractivity (Wildman–Crippen MR) is 114 cm³/mol. The van der Waals surface area contributed by atoms with Gasteiger partial charge in [-0.2, -0.15) is 0 Å². The molecular weight excluding hydrogens is 342 g/mol. The molecule has 0 amide bonds. The van der Waals surface area contributed by atoms with Crippen molar-refractivity contribution in [3.63, 3.8) is 0 Å². The topological polar surface area (TPSA) is 32.3 Å². The van der Waals surface area contributed by atoms with Gasteiger partial charge in [-0.3, -0.25) is 0 Å². The summed E-state index contributed by atoms with van der Waals surface area (Å²) in [6, 6.07) is 28.2. The maximum atomic E-state index is 11.0. The van der Waals surface area contributed by atoms with Crippen molar-refractivity contribution >= 4 is 0 Å². The first kappa shape index (κ1) is 17.7. The molecule has 28 heavy (non-hydrogen) atoms. The summed E-state index contributed by atoms with van der Waals surface area (Å²) in [5.41, 5.74) is 7.00. The van der Waals surface area contributed by atoms with Crippen LogP contribution in [0, 0.1) is 0 Å². The Kier molecular flexibility index (Phi) is 4.54. The highest BCUT2D eigenvalue weighted by molar-refractivity contribution is 5.59. The molecule has 0 saturated heterocycles. The smallest absolute Gasteiger partial charge is 0.0676 e. The van der Waals surface area contributed by atoms with Gasteiger partial charge in [-0.25, -0.2) is 0 Å². The second kappa shape index (κ2) is 7.20. The van der Waals surface area contributed by atoms with Crippen molar-refractivity contribution in [2.75, 3.05) is 6.54 Å². The maximum Gasteiger partial charge on any atom is 0.0676 e. The number of benzene rings is 3. The van der Waals surface area contributed by atoms with Crippen LogP contribution < -0.4 is 5.32 Å². The standard InChI is InChI=1S/C26H27NO/c28-20(18-27-17-19-8-2-1-3-9-19)16-26-15-14-21(22-10-4-6-12-24(22)26)23-11-5-7-13-25(23)26/h1-13,20-21,27-28H,14-18H2. The molecule has 3 aromatic carbocycles. The molecule has 0 heterocycles. The minimum atomic E-state index is -0.375. The van der Waals surface area contributed by atoms with E-state index in [9.17, 15) is 5.11 Å². The Morgan fingerprint density at radius 2 is 1.46 bits per heavy atom. The van der Waals surface area contributed by atoms with E-state index in [1.165, 1.54) is 34.2 Å². The van der Waals surface area contributed by atoms with Crippen LogP contribution in [0.5, 0.6) is 0 Å². The maximum absolute atomic E-state index is 11.0. The normalized spacial score (nSPS) is 23.1. The van der Waals surface area contributed by atoms with Crippen LogP contribution in [0.4, 0.5) is 0 Å². The molecule has 0 aliphatic heterocycles. The summed E-state index contributed by atoms with van der Waals surface area (Å²) in [5.74, 6) is 0.516. The fourth-order valence-electron chi connectivity index (χ4n) is 5.53. The zero-order valence-electron chi connectivity index (χ0n) is 16.1. The molecule has 2 bridgehead atoms. The molecule has 3 aliphatic rings. The van der Waals surface area contributed by atoms with Gasteiger partial charge in [0.2, 0.25) is 0 Å². The minimum absolute atomic E-state index is 0.0597. The average Bonchev–Trinajstić information content (AvgIpc) is 2.75. The third-order valence-electron chi connectivity index (χ3n) is 6.70. The average molecular weight is 370 g/mol. The van der Waals surface area contributed by atoms with E-state index in [0.29, 0.717) is 12.5 Å². The zero-order chi connectivity index (χ0) is 19.0. The van der Waals surface area contributed by atoms with Gasteiger partial charge < -0.3 is 10.4 Å². The summed E-state index contributed by atoms with van der Waals surface area (Å²) in [6.07, 6.45) is 2.70. The summed E-state index contributed by atoms with van der Waals surface area (Å²) in [6.45, 7) is 1.41. The number of rotatable bonds is 6. The van der Waals surface area contributed by atoms with Crippen LogP contribution in [0.25, 0.3) is 0 Å². The summed E-state index contributed by atoms with van der Waals surface area (Å²) in [4.78, 5) is 0. The van der Waals surface area contributed by atoms with E-state index in [-0.39, 0.29) is 11.5 Å². The van der Waals surface area contributed by atoms with Crippen LogP contribution >= 0.6 is 0 Å². The highest BCUT2D eigenvalue weighted by atomic mass is 16.3. The molecule has 1 unspecified atom stereocenters. The van der Waals surface area contributed by atoms with E-state index in [1.54, 1.807) is 0 Å². The number of aliphatic hydroxyl groups is 1. The predicted octanol–water partition coefficient (Wildman–Crippen LogP) is 4.75. The number of aliphatic hydroxyl groups excluding tert-OH is 1. The molecule has 3 aliphatic carbocycles. The van der Waals surface area contributed by atoms with Crippen LogP contribution in [0.2, 0.25) is 0 Å². The van der Waals surface area contributed by atoms with Crippen LogP contribution in [-0.2, 0) is 12.0 Å². The first-order valence-electron chi connectivity index (χ1n) is 10.4. The third-order valence-corrected chi connectivity index (χ3v) is 6.70. The lowest BCUT2D eigenvalue weighted by Gasteiger charge is -2.50. The summed E-state index contributed by atoms with van der Waals surface area (Å²) in [5, 5.41) is 14.4. The van der Waals surface area contributed by atoms with Crippen molar-refractivity contribution in [3.8, 4) is 0 Å². The van der Waals surface area contributed by atoms with E-state index in [2.05, 4.69) is 78.1 Å². The van der Waals surface area contributed by atoms with Gasteiger partial charge in [0, 0.05) is 24.4 Å². The Hall–Kier alpha value is -2.42. The van der Waals surface area contributed by atoms with Crippen molar-refractivity contribution in [2.24, 2.45) is 0 Å². The van der Waals surface area contributed by atoms with Crippen molar-refractivity contribution < 1.29 is 5.11 Å². The number of hydrogen-bond donors (Lipinski definition) is 2. The SMILES string of the molecule is OC(CNCc1ccccc1)CC12CCC(c3ccccc31)c1ccccc12. The van der Waals surface area contributed by atoms with Gasteiger partial charge in [0.15, 0.2) is 0 Å². The Morgan fingerprint density at radius 1 is 0.857 bits per heavy atom. The van der Waals surface area contributed by atoms with Crippen molar-refractivity contribution in [3.05, 3.63) is 107 Å². The number of nitrogens with one attached hydrogen (secondary N) is 1. The third kappa shape index (κ3) is 2.88. The number of hydrogen-bond acceptors (Lipinski definition) is 2. The highest BCUT2D eigenvalue weighted by Crippen LogP contribution is 2.57. The van der Waals surface area contributed by atoms with Crippen molar-refractivity contribution in [1.29, 1.82) is 0 Å². The van der Waals surface area contributed by atoms with Crippen molar-refractivity contribution in [2.45, 2.75) is 43.2 Å². The summed E-state index contributed by atoms with van der Waals surface area (Å²) < 4.78 is 0. The summed E-state index contributed by atoms with van der Waals surface area (Å²) >= 11 is 0. The van der Waals surface area contributed by atoms with Crippen molar-refractivity contribution in [1.82, 2.24) is 5.32 Å². The van der Waals surface area contributed by atoms with E-state index in [0.717, 1.165) is 19.4 Å². The van der Waals surface area contributed by atoms with Gasteiger partial charge >= 0.3 is 0 Å². The Bertz CT molecular complexity index is 917. The molecule has 0 spiro atoms.